The van der Waals surface area contributed by atoms with Crippen molar-refractivity contribution < 1.29 is 9.53 Å². The molecule has 0 aromatic heterocycles. The van der Waals surface area contributed by atoms with Gasteiger partial charge in [-0.05, 0) is 25.1 Å². The maximum atomic E-state index is 11.1. The van der Waals surface area contributed by atoms with Gasteiger partial charge in [-0.3, -0.25) is 4.79 Å². The van der Waals surface area contributed by atoms with Crippen molar-refractivity contribution >= 4 is 40.5 Å². The number of ether oxygens (including phenoxy) is 1. The lowest BCUT2D eigenvalue weighted by molar-refractivity contribution is -0.140. The maximum Gasteiger partial charge on any atom is 0.325 e. The summed E-state index contributed by atoms with van der Waals surface area (Å²) in [5.41, 5.74) is 6.80. The SMILES string of the molecule is CCOC(=O)CNc1ccc(C(N)=S)c(Cl)c1. The van der Waals surface area contributed by atoms with Crippen molar-refractivity contribution in [2.45, 2.75) is 6.92 Å². The topological polar surface area (TPSA) is 64.3 Å². The summed E-state index contributed by atoms with van der Waals surface area (Å²) in [5.74, 6) is -0.318. The Morgan fingerprint density at radius 1 is 1.59 bits per heavy atom. The molecule has 0 amide bonds. The van der Waals surface area contributed by atoms with Gasteiger partial charge in [-0.25, -0.2) is 0 Å². The second kappa shape index (κ2) is 6.42. The fourth-order valence-corrected chi connectivity index (χ4v) is 1.73. The fourth-order valence-electron chi connectivity index (χ4n) is 1.21. The number of anilines is 1. The molecule has 6 heteroatoms. The summed E-state index contributed by atoms with van der Waals surface area (Å²) >= 11 is 10.8. The van der Waals surface area contributed by atoms with E-state index in [1.54, 1.807) is 25.1 Å². The van der Waals surface area contributed by atoms with Gasteiger partial charge in [-0.15, -0.1) is 0 Å². The number of thiocarbonyl (C=S) groups is 1. The van der Waals surface area contributed by atoms with Crippen molar-refractivity contribution in [2.75, 3.05) is 18.5 Å². The largest absolute Gasteiger partial charge is 0.465 e. The Morgan fingerprint density at radius 3 is 2.82 bits per heavy atom. The summed E-state index contributed by atoms with van der Waals surface area (Å²) in [6.45, 7) is 2.21. The minimum Gasteiger partial charge on any atom is -0.465 e. The molecule has 17 heavy (non-hydrogen) atoms. The Hall–Kier alpha value is -1.33. The monoisotopic (exact) mass is 272 g/mol. The van der Waals surface area contributed by atoms with Gasteiger partial charge in [0.25, 0.3) is 0 Å². The van der Waals surface area contributed by atoms with Crippen LogP contribution in [0.2, 0.25) is 5.02 Å². The van der Waals surface area contributed by atoms with Crippen LogP contribution >= 0.6 is 23.8 Å². The highest BCUT2D eigenvalue weighted by Crippen LogP contribution is 2.20. The van der Waals surface area contributed by atoms with Crippen LogP contribution in [-0.2, 0) is 9.53 Å². The van der Waals surface area contributed by atoms with Gasteiger partial charge < -0.3 is 15.8 Å². The van der Waals surface area contributed by atoms with E-state index in [4.69, 9.17) is 34.3 Å². The number of esters is 1. The molecule has 3 N–H and O–H groups in total. The van der Waals surface area contributed by atoms with Crippen molar-refractivity contribution in [1.82, 2.24) is 0 Å². The number of hydrogen-bond acceptors (Lipinski definition) is 4. The third kappa shape index (κ3) is 4.20. The Kier molecular flexibility index (Phi) is 5.18. The van der Waals surface area contributed by atoms with Crippen molar-refractivity contribution in [3.63, 3.8) is 0 Å². The van der Waals surface area contributed by atoms with Gasteiger partial charge in [0.05, 0.1) is 11.6 Å². The second-order valence-corrected chi connectivity index (χ2v) is 4.06. The smallest absolute Gasteiger partial charge is 0.325 e. The minimum atomic E-state index is -0.318. The number of rotatable bonds is 5. The van der Waals surface area contributed by atoms with Crippen LogP contribution in [0.25, 0.3) is 0 Å². The third-order valence-corrected chi connectivity index (χ3v) is 2.51. The molecule has 0 saturated heterocycles. The van der Waals surface area contributed by atoms with Crippen LogP contribution in [0.5, 0.6) is 0 Å². The van der Waals surface area contributed by atoms with Crippen LogP contribution in [0.1, 0.15) is 12.5 Å². The Morgan fingerprint density at radius 2 is 2.29 bits per heavy atom. The van der Waals surface area contributed by atoms with Gasteiger partial charge in [0.1, 0.15) is 11.5 Å². The predicted molar refractivity (Wildman–Crippen MR) is 72.5 cm³/mol. The number of nitrogens with one attached hydrogen (secondary N) is 1. The number of hydrogen-bond donors (Lipinski definition) is 2. The van der Waals surface area contributed by atoms with Crippen molar-refractivity contribution in [3.8, 4) is 0 Å². The van der Waals surface area contributed by atoms with Gasteiger partial charge in [-0.2, -0.15) is 0 Å². The molecule has 0 aliphatic heterocycles. The van der Waals surface area contributed by atoms with Crippen molar-refractivity contribution in [2.24, 2.45) is 5.73 Å². The van der Waals surface area contributed by atoms with Crippen molar-refractivity contribution in [1.29, 1.82) is 0 Å². The average molecular weight is 273 g/mol. The highest BCUT2D eigenvalue weighted by molar-refractivity contribution is 7.80. The number of carbonyl (C=O) groups is 1. The average Bonchev–Trinajstić information content (AvgIpc) is 2.26. The van der Waals surface area contributed by atoms with E-state index in [0.29, 0.717) is 22.9 Å². The summed E-state index contributed by atoms with van der Waals surface area (Å²) < 4.78 is 4.78. The zero-order chi connectivity index (χ0) is 12.8. The molecule has 0 spiro atoms. The van der Waals surface area contributed by atoms with Crippen LogP contribution in [0, 0.1) is 0 Å². The van der Waals surface area contributed by atoms with Crippen molar-refractivity contribution in [3.05, 3.63) is 28.8 Å². The number of benzene rings is 1. The molecule has 0 heterocycles. The molecule has 0 bridgehead atoms. The van der Waals surface area contributed by atoms with Crippen LogP contribution in [-0.4, -0.2) is 24.1 Å². The maximum absolute atomic E-state index is 11.1. The van der Waals surface area contributed by atoms with Gasteiger partial charge in [0.15, 0.2) is 0 Å². The van der Waals surface area contributed by atoms with E-state index in [1.807, 2.05) is 0 Å². The highest BCUT2D eigenvalue weighted by Gasteiger charge is 2.05. The summed E-state index contributed by atoms with van der Waals surface area (Å²) in [6.07, 6.45) is 0. The lowest BCUT2D eigenvalue weighted by Gasteiger charge is -2.08. The van der Waals surface area contributed by atoms with Gasteiger partial charge >= 0.3 is 5.97 Å². The third-order valence-electron chi connectivity index (χ3n) is 1.98. The molecule has 1 aromatic rings. The van der Waals surface area contributed by atoms with E-state index in [1.165, 1.54) is 0 Å². The number of nitrogens with two attached hydrogens (primary N) is 1. The molecule has 1 rings (SSSR count). The molecule has 0 aliphatic carbocycles. The summed E-state index contributed by atoms with van der Waals surface area (Å²) in [4.78, 5) is 11.4. The van der Waals surface area contributed by atoms with E-state index in [9.17, 15) is 4.79 Å². The highest BCUT2D eigenvalue weighted by atomic mass is 35.5. The normalized spacial score (nSPS) is 9.76. The zero-order valence-electron chi connectivity index (χ0n) is 9.33. The quantitative estimate of drug-likeness (QED) is 0.634. The molecule has 92 valence electrons. The first-order valence-corrected chi connectivity index (χ1v) is 5.82. The first-order valence-electron chi connectivity index (χ1n) is 5.03. The molecule has 0 unspecified atom stereocenters. The Balaban J connectivity index is 2.65. The molecule has 1 aromatic carbocycles. The molecule has 0 fully saturated rings. The molecule has 0 atom stereocenters. The van der Waals surface area contributed by atoms with Crippen LogP contribution < -0.4 is 11.1 Å². The van der Waals surface area contributed by atoms with Gasteiger partial charge in [0.2, 0.25) is 0 Å². The number of carbonyl (C=O) groups excluding carboxylic acids is 1. The Labute approximate surface area is 110 Å². The molecule has 0 aliphatic rings. The first kappa shape index (κ1) is 13.7. The van der Waals surface area contributed by atoms with E-state index >= 15 is 0 Å². The fraction of sp³-hybridized carbons (Fsp3) is 0.273. The predicted octanol–water partition coefficient (Wildman–Crippen LogP) is 1.95. The minimum absolute atomic E-state index is 0.0938. The summed E-state index contributed by atoms with van der Waals surface area (Å²) in [7, 11) is 0. The molecular weight excluding hydrogens is 260 g/mol. The lowest BCUT2D eigenvalue weighted by Crippen LogP contribution is -2.17. The van der Waals surface area contributed by atoms with E-state index in [0.717, 1.165) is 0 Å². The molecule has 4 nitrogen and oxygen atoms in total. The second-order valence-electron chi connectivity index (χ2n) is 3.22. The van der Waals surface area contributed by atoms with Crippen LogP contribution in [0.3, 0.4) is 0 Å². The van der Waals surface area contributed by atoms with Crippen LogP contribution in [0.4, 0.5) is 5.69 Å². The molecule has 0 saturated carbocycles. The molecular formula is C11H13ClN2O2S. The van der Waals surface area contributed by atoms with Gasteiger partial charge in [-0.1, -0.05) is 23.8 Å². The molecule has 0 radical (unpaired) electrons. The van der Waals surface area contributed by atoms with E-state index < -0.39 is 0 Å². The van der Waals surface area contributed by atoms with E-state index in [-0.39, 0.29) is 17.5 Å². The Bertz CT molecular complexity index is 437. The number of halogens is 1. The first-order chi connectivity index (χ1) is 8.04. The summed E-state index contributed by atoms with van der Waals surface area (Å²) in [5, 5.41) is 3.34. The van der Waals surface area contributed by atoms with Gasteiger partial charge in [0, 0.05) is 11.3 Å². The van der Waals surface area contributed by atoms with Crippen LogP contribution in [0.15, 0.2) is 18.2 Å². The lowest BCUT2D eigenvalue weighted by atomic mass is 10.2. The standard InChI is InChI=1S/C11H13ClN2O2S/c1-2-16-10(15)6-14-7-3-4-8(11(13)17)9(12)5-7/h3-5,14H,2,6H2,1H3,(H2,13,17). The van der Waals surface area contributed by atoms with E-state index in [2.05, 4.69) is 5.32 Å². The summed E-state index contributed by atoms with van der Waals surface area (Å²) in [6, 6.07) is 5.12. The zero-order valence-corrected chi connectivity index (χ0v) is 10.9.